The van der Waals surface area contributed by atoms with E-state index in [1.165, 1.54) is 0 Å². The summed E-state index contributed by atoms with van der Waals surface area (Å²) in [6, 6.07) is 5.78. The number of aromatic nitrogens is 2. The number of hydrogen-bond donors (Lipinski definition) is 2. The van der Waals surface area contributed by atoms with Crippen molar-refractivity contribution in [3.05, 3.63) is 24.5 Å². The molecular weight excluding hydrogens is 214 g/mol. The highest BCUT2D eigenvalue weighted by Crippen LogP contribution is 2.28. The average molecular weight is 231 g/mol. The van der Waals surface area contributed by atoms with Crippen LogP contribution < -0.4 is 5.73 Å². The maximum atomic E-state index is 9.85. The number of hydrogen-bond acceptors (Lipinski definition) is 3. The van der Waals surface area contributed by atoms with Gasteiger partial charge in [0.2, 0.25) is 0 Å². The Balaban J connectivity index is 1.90. The number of aliphatic hydroxyl groups is 1. The van der Waals surface area contributed by atoms with E-state index in [1.54, 1.807) is 0 Å². The van der Waals surface area contributed by atoms with Crippen molar-refractivity contribution in [1.82, 2.24) is 9.55 Å². The first-order valence-corrected chi connectivity index (χ1v) is 6.12. The largest absolute Gasteiger partial charge is 0.399 e. The molecule has 0 saturated heterocycles. The Morgan fingerprint density at radius 1 is 1.41 bits per heavy atom. The molecule has 1 aliphatic carbocycles. The van der Waals surface area contributed by atoms with Crippen LogP contribution >= 0.6 is 0 Å². The fraction of sp³-hybridized carbons (Fsp3) is 0.462. The Morgan fingerprint density at radius 3 is 3.06 bits per heavy atom. The molecule has 4 nitrogen and oxygen atoms in total. The minimum absolute atomic E-state index is 0.152. The maximum Gasteiger partial charge on any atom is 0.0958 e. The molecule has 0 amide bonds. The van der Waals surface area contributed by atoms with Gasteiger partial charge in [0.25, 0.3) is 0 Å². The van der Waals surface area contributed by atoms with Gasteiger partial charge in [-0.3, -0.25) is 0 Å². The summed E-state index contributed by atoms with van der Waals surface area (Å²) in [6.45, 7) is 0.849. The predicted octanol–water partition coefficient (Wildman–Crippen LogP) is 1.78. The van der Waals surface area contributed by atoms with Gasteiger partial charge in [-0.25, -0.2) is 4.98 Å². The van der Waals surface area contributed by atoms with Gasteiger partial charge in [-0.1, -0.05) is 6.42 Å². The van der Waals surface area contributed by atoms with Gasteiger partial charge >= 0.3 is 0 Å². The molecule has 17 heavy (non-hydrogen) atoms. The molecule has 3 N–H and O–H groups in total. The Kier molecular flexibility index (Phi) is 2.52. The third-order valence-electron chi connectivity index (χ3n) is 3.70. The van der Waals surface area contributed by atoms with Crippen LogP contribution in [-0.4, -0.2) is 20.8 Å². The summed E-state index contributed by atoms with van der Waals surface area (Å²) in [7, 11) is 0. The smallest absolute Gasteiger partial charge is 0.0958 e. The zero-order chi connectivity index (χ0) is 11.8. The van der Waals surface area contributed by atoms with Gasteiger partial charge in [0.15, 0.2) is 0 Å². The van der Waals surface area contributed by atoms with Crippen molar-refractivity contribution in [1.29, 1.82) is 0 Å². The van der Waals surface area contributed by atoms with Crippen molar-refractivity contribution in [2.24, 2.45) is 5.92 Å². The van der Waals surface area contributed by atoms with Crippen LogP contribution in [0.2, 0.25) is 0 Å². The minimum atomic E-state index is -0.152. The molecule has 3 rings (SSSR count). The summed E-state index contributed by atoms with van der Waals surface area (Å²) in [5.41, 5.74) is 8.49. The quantitative estimate of drug-likeness (QED) is 0.774. The molecule has 1 fully saturated rings. The van der Waals surface area contributed by atoms with Crippen LogP contribution in [0.15, 0.2) is 24.5 Å². The third kappa shape index (κ3) is 1.89. The van der Waals surface area contributed by atoms with Crippen molar-refractivity contribution in [2.75, 3.05) is 5.73 Å². The minimum Gasteiger partial charge on any atom is -0.399 e. The van der Waals surface area contributed by atoms with Crippen LogP contribution in [0.3, 0.4) is 0 Å². The molecule has 1 heterocycles. The second kappa shape index (κ2) is 4.04. The lowest BCUT2D eigenvalue weighted by Gasteiger charge is -2.15. The van der Waals surface area contributed by atoms with Crippen LogP contribution in [0.25, 0.3) is 11.0 Å². The summed E-state index contributed by atoms with van der Waals surface area (Å²) in [4.78, 5) is 4.35. The normalized spacial score (nSPS) is 24.5. The molecule has 2 atom stereocenters. The summed E-state index contributed by atoms with van der Waals surface area (Å²) in [5, 5.41) is 9.85. The van der Waals surface area contributed by atoms with E-state index < -0.39 is 0 Å². The topological polar surface area (TPSA) is 64.1 Å². The van der Waals surface area contributed by atoms with E-state index in [1.807, 2.05) is 24.5 Å². The first-order chi connectivity index (χ1) is 8.24. The molecule has 0 aliphatic heterocycles. The van der Waals surface area contributed by atoms with E-state index in [0.29, 0.717) is 5.92 Å². The highest BCUT2D eigenvalue weighted by Gasteiger charge is 2.25. The Labute approximate surface area is 100 Å². The summed E-state index contributed by atoms with van der Waals surface area (Å²) in [6.07, 6.45) is 4.86. The van der Waals surface area contributed by atoms with Crippen molar-refractivity contribution in [2.45, 2.75) is 31.9 Å². The van der Waals surface area contributed by atoms with Crippen molar-refractivity contribution < 1.29 is 5.11 Å². The first-order valence-electron chi connectivity index (χ1n) is 6.12. The molecule has 90 valence electrons. The Morgan fingerprint density at radius 2 is 2.29 bits per heavy atom. The van der Waals surface area contributed by atoms with Crippen molar-refractivity contribution >= 4 is 16.7 Å². The summed E-state index contributed by atoms with van der Waals surface area (Å²) in [5.74, 6) is 0.366. The lowest BCUT2D eigenvalue weighted by atomic mass is 10.1. The zero-order valence-electron chi connectivity index (χ0n) is 9.71. The molecule has 4 heteroatoms. The van der Waals surface area contributed by atoms with Gasteiger partial charge in [0, 0.05) is 18.2 Å². The van der Waals surface area contributed by atoms with E-state index in [2.05, 4.69) is 9.55 Å². The highest BCUT2D eigenvalue weighted by atomic mass is 16.3. The number of imidazole rings is 1. The molecule has 2 aromatic rings. The molecule has 1 aliphatic rings. The molecule has 1 aromatic heterocycles. The second-order valence-corrected chi connectivity index (χ2v) is 4.90. The van der Waals surface area contributed by atoms with Crippen LogP contribution in [-0.2, 0) is 6.54 Å². The molecule has 1 saturated carbocycles. The van der Waals surface area contributed by atoms with E-state index >= 15 is 0 Å². The average Bonchev–Trinajstić information content (AvgIpc) is 2.87. The fourth-order valence-corrected chi connectivity index (χ4v) is 2.71. The Hall–Kier alpha value is -1.55. The molecular formula is C13H17N3O. The molecule has 1 aromatic carbocycles. The van der Waals surface area contributed by atoms with Crippen LogP contribution in [0.1, 0.15) is 19.3 Å². The third-order valence-corrected chi connectivity index (χ3v) is 3.70. The number of benzene rings is 1. The number of anilines is 1. The summed E-state index contributed by atoms with van der Waals surface area (Å²) >= 11 is 0. The number of rotatable bonds is 2. The van der Waals surface area contributed by atoms with E-state index in [-0.39, 0.29) is 6.10 Å². The first kappa shape index (κ1) is 10.6. The molecule has 0 bridgehead atoms. The van der Waals surface area contributed by atoms with Crippen molar-refractivity contribution in [3.8, 4) is 0 Å². The standard InChI is InChI=1S/C13H17N3O/c14-10-4-5-12-11(6-10)15-8-16(12)7-9-2-1-3-13(9)17/h4-6,8-9,13,17H,1-3,7,14H2. The number of nitrogen functional groups attached to an aromatic ring is 1. The SMILES string of the molecule is Nc1ccc2c(c1)ncn2CC1CCCC1O. The van der Waals surface area contributed by atoms with E-state index in [4.69, 9.17) is 5.73 Å². The van der Waals surface area contributed by atoms with Gasteiger partial charge in [-0.05, 0) is 31.0 Å². The number of aliphatic hydroxyl groups excluding tert-OH is 1. The van der Waals surface area contributed by atoms with Crippen LogP contribution in [0.5, 0.6) is 0 Å². The second-order valence-electron chi connectivity index (χ2n) is 4.90. The lowest BCUT2D eigenvalue weighted by molar-refractivity contribution is 0.123. The van der Waals surface area contributed by atoms with Crippen molar-refractivity contribution in [3.63, 3.8) is 0 Å². The number of nitrogens with zero attached hydrogens (tertiary/aromatic N) is 2. The van der Waals surface area contributed by atoms with Gasteiger partial charge in [-0.15, -0.1) is 0 Å². The molecule has 0 spiro atoms. The monoisotopic (exact) mass is 231 g/mol. The van der Waals surface area contributed by atoms with Gasteiger partial charge in [-0.2, -0.15) is 0 Å². The summed E-state index contributed by atoms with van der Waals surface area (Å²) < 4.78 is 2.12. The van der Waals surface area contributed by atoms with Gasteiger partial charge in [0.05, 0.1) is 23.5 Å². The zero-order valence-corrected chi connectivity index (χ0v) is 9.71. The highest BCUT2D eigenvalue weighted by molar-refractivity contribution is 5.78. The van der Waals surface area contributed by atoms with Gasteiger partial charge < -0.3 is 15.4 Å². The maximum absolute atomic E-state index is 9.85. The Bertz CT molecular complexity index is 534. The van der Waals surface area contributed by atoms with E-state index in [9.17, 15) is 5.11 Å². The van der Waals surface area contributed by atoms with Crippen LogP contribution in [0, 0.1) is 5.92 Å². The van der Waals surface area contributed by atoms with Gasteiger partial charge in [0.1, 0.15) is 0 Å². The predicted molar refractivity (Wildman–Crippen MR) is 67.5 cm³/mol. The molecule has 2 unspecified atom stereocenters. The van der Waals surface area contributed by atoms with Crippen LogP contribution in [0.4, 0.5) is 5.69 Å². The molecule has 0 radical (unpaired) electrons. The number of nitrogens with two attached hydrogens (primary N) is 1. The lowest BCUT2D eigenvalue weighted by Crippen LogP contribution is -2.18. The fourth-order valence-electron chi connectivity index (χ4n) is 2.71. The number of fused-ring (bicyclic) bond motifs is 1. The van der Waals surface area contributed by atoms with E-state index in [0.717, 1.165) is 42.5 Å².